The molecule has 0 saturated carbocycles. The molecule has 0 amide bonds. The van der Waals surface area contributed by atoms with Gasteiger partial charge in [-0.3, -0.25) is 4.90 Å². The molecular formula is C12H18BrClN2O2S2. The average Bonchev–Trinajstić information content (AvgIpc) is 2.74. The molecule has 114 valence electrons. The Labute approximate surface area is 137 Å². The summed E-state index contributed by atoms with van der Waals surface area (Å²) in [6.45, 7) is 5.85. The maximum absolute atomic E-state index is 12.8. The quantitative estimate of drug-likeness (QED) is 0.731. The third-order valence-electron chi connectivity index (χ3n) is 3.74. The lowest BCUT2D eigenvalue weighted by Crippen LogP contribution is -2.58. The van der Waals surface area contributed by atoms with E-state index >= 15 is 0 Å². The zero-order valence-corrected chi connectivity index (χ0v) is 15.7. The fourth-order valence-corrected chi connectivity index (χ4v) is 6.49. The Morgan fingerprint density at radius 3 is 2.60 bits per heavy atom. The second kappa shape index (κ2) is 5.85. The molecule has 0 N–H and O–H groups in total. The predicted molar refractivity (Wildman–Crippen MR) is 87.0 cm³/mol. The van der Waals surface area contributed by atoms with Crippen molar-refractivity contribution >= 4 is 48.9 Å². The molecule has 0 aromatic carbocycles. The maximum Gasteiger partial charge on any atom is 0.245 e. The summed E-state index contributed by atoms with van der Waals surface area (Å²) in [6, 6.07) is 1.67. The summed E-state index contributed by atoms with van der Waals surface area (Å²) in [4.78, 5) is 3.37. The van der Waals surface area contributed by atoms with Gasteiger partial charge in [0.05, 0.1) is 9.67 Å². The SMILES string of the molecule is CN1CCN(S(=O)(=O)c2cc(CCl)sc2Br)CC1(C)C. The highest BCUT2D eigenvalue weighted by molar-refractivity contribution is 9.11. The zero-order valence-electron chi connectivity index (χ0n) is 11.7. The number of thiophene rings is 1. The number of halogens is 2. The number of hydrogen-bond donors (Lipinski definition) is 0. The molecule has 20 heavy (non-hydrogen) atoms. The van der Waals surface area contributed by atoms with Gasteiger partial charge in [0.15, 0.2) is 0 Å². The first-order valence-corrected chi connectivity index (χ1v) is 9.82. The van der Waals surface area contributed by atoms with E-state index in [4.69, 9.17) is 11.6 Å². The van der Waals surface area contributed by atoms with Gasteiger partial charge in [0.25, 0.3) is 0 Å². The minimum Gasteiger partial charge on any atom is -0.299 e. The lowest BCUT2D eigenvalue weighted by atomic mass is 10.0. The number of likely N-dealkylation sites (N-methyl/N-ethyl adjacent to an activating group) is 1. The molecule has 1 aromatic rings. The average molecular weight is 402 g/mol. The fraction of sp³-hybridized carbons (Fsp3) is 0.667. The van der Waals surface area contributed by atoms with Crippen molar-refractivity contribution in [3.05, 3.63) is 14.7 Å². The summed E-state index contributed by atoms with van der Waals surface area (Å²) in [5, 5.41) is 0. The molecule has 8 heteroatoms. The standard InChI is InChI=1S/C12H18BrClN2O2S2/c1-12(2)8-16(5-4-15(12)3)20(17,18)10-6-9(7-14)19-11(10)13/h6H,4-5,7-8H2,1-3H3. The van der Waals surface area contributed by atoms with Crippen molar-refractivity contribution in [2.75, 3.05) is 26.7 Å². The molecule has 1 aliphatic heterocycles. The monoisotopic (exact) mass is 400 g/mol. The molecule has 4 nitrogen and oxygen atoms in total. The van der Waals surface area contributed by atoms with Crippen molar-refractivity contribution in [1.82, 2.24) is 9.21 Å². The highest BCUT2D eigenvalue weighted by Gasteiger charge is 2.38. The van der Waals surface area contributed by atoms with Gasteiger partial charge in [-0.1, -0.05) is 0 Å². The summed E-state index contributed by atoms with van der Waals surface area (Å²) in [6.07, 6.45) is 0. The van der Waals surface area contributed by atoms with Crippen molar-refractivity contribution in [2.24, 2.45) is 0 Å². The molecular weight excluding hydrogens is 384 g/mol. The lowest BCUT2D eigenvalue weighted by molar-refractivity contribution is 0.0801. The molecule has 1 saturated heterocycles. The number of alkyl halides is 1. The van der Waals surface area contributed by atoms with Crippen molar-refractivity contribution in [3.63, 3.8) is 0 Å². The van der Waals surface area contributed by atoms with Gasteiger partial charge < -0.3 is 0 Å². The van der Waals surface area contributed by atoms with E-state index in [-0.39, 0.29) is 5.54 Å². The van der Waals surface area contributed by atoms with Gasteiger partial charge >= 0.3 is 0 Å². The van der Waals surface area contributed by atoms with E-state index in [1.807, 2.05) is 7.05 Å². The Hall–Kier alpha value is 0.340. The van der Waals surface area contributed by atoms with Gasteiger partial charge in [0, 0.05) is 30.1 Å². The third kappa shape index (κ3) is 3.08. The van der Waals surface area contributed by atoms with Crippen LogP contribution in [0.15, 0.2) is 14.7 Å². The van der Waals surface area contributed by atoms with Gasteiger partial charge in [-0.25, -0.2) is 8.42 Å². The van der Waals surface area contributed by atoms with Crippen LogP contribution in [0.5, 0.6) is 0 Å². The zero-order chi connectivity index (χ0) is 15.1. The Morgan fingerprint density at radius 2 is 2.10 bits per heavy atom. The summed E-state index contributed by atoms with van der Waals surface area (Å²) in [5.41, 5.74) is -0.164. The minimum absolute atomic E-state index is 0.164. The molecule has 2 rings (SSSR count). The second-order valence-electron chi connectivity index (χ2n) is 5.56. The molecule has 0 unspecified atom stereocenters. The molecule has 0 spiro atoms. The number of sulfonamides is 1. The molecule has 0 radical (unpaired) electrons. The molecule has 1 aromatic heterocycles. The van der Waals surface area contributed by atoms with E-state index in [1.54, 1.807) is 10.4 Å². The Morgan fingerprint density at radius 1 is 1.45 bits per heavy atom. The largest absolute Gasteiger partial charge is 0.299 e. The first kappa shape index (κ1) is 16.7. The molecule has 2 heterocycles. The van der Waals surface area contributed by atoms with Crippen LogP contribution in [0.4, 0.5) is 0 Å². The Balaban J connectivity index is 2.33. The molecule has 1 aliphatic rings. The van der Waals surface area contributed by atoms with Crippen molar-refractivity contribution in [3.8, 4) is 0 Å². The van der Waals surface area contributed by atoms with Crippen molar-refractivity contribution < 1.29 is 8.42 Å². The van der Waals surface area contributed by atoms with Crippen LogP contribution in [0, 0.1) is 0 Å². The smallest absolute Gasteiger partial charge is 0.245 e. The van der Waals surface area contributed by atoms with Gasteiger partial charge in [-0.2, -0.15) is 4.31 Å². The lowest BCUT2D eigenvalue weighted by Gasteiger charge is -2.44. The van der Waals surface area contributed by atoms with E-state index in [0.29, 0.717) is 27.7 Å². The number of rotatable bonds is 3. The van der Waals surface area contributed by atoms with E-state index in [2.05, 4.69) is 34.7 Å². The van der Waals surface area contributed by atoms with E-state index in [9.17, 15) is 8.42 Å². The second-order valence-corrected chi connectivity index (χ2v) is 10.2. The van der Waals surface area contributed by atoms with Crippen LogP contribution in [0.2, 0.25) is 0 Å². The highest BCUT2D eigenvalue weighted by Crippen LogP contribution is 2.35. The van der Waals surface area contributed by atoms with Crippen LogP contribution in [0.1, 0.15) is 18.7 Å². The van der Waals surface area contributed by atoms with Gasteiger partial charge in [-0.05, 0) is 42.9 Å². The number of nitrogens with zero attached hydrogens (tertiary/aromatic N) is 2. The summed E-state index contributed by atoms with van der Waals surface area (Å²) in [7, 11) is -1.44. The van der Waals surface area contributed by atoms with Crippen LogP contribution in [0.25, 0.3) is 0 Å². The first-order valence-electron chi connectivity index (χ1n) is 6.24. The number of piperazine rings is 1. The Bertz CT molecular complexity index is 601. The van der Waals surface area contributed by atoms with Crippen molar-refractivity contribution in [1.29, 1.82) is 0 Å². The predicted octanol–water partition coefficient (Wildman–Crippen LogP) is 2.96. The van der Waals surface area contributed by atoms with Crippen LogP contribution in [0.3, 0.4) is 0 Å². The molecule has 1 fully saturated rings. The van der Waals surface area contributed by atoms with E-state index in [1.165, 1.54) is 11.3 Å². The summed E-state index contributed by atoms with van der Waals surface area (Å²) >= 11 is 10.5. The number of hydrogen-bond acceptors (Lipinski definition) is 4. The first-order chi connectivity index (χ1) is 9.18. The van der Waals surface area contributed by atoms with E-state index in [0.717, 1.165) is 11.4 Å². The topological polar surface area (TPSA) is 40.6 Å². The molecule has 0 atom stereocenters. The summed E-state index contributed by atoms with van der Waals surface area (Å²) in [5.74, 6) is 0.326. The summed E-state index contributed by atoms with van der Waals surface area (Å²) < 4.78 is 27.7. The van der Waals surface area contributed by atoms with Crippen molar-refractivity contribution in [2.45, 2.75) is 30.2 Å². The highest BCUT2D eigenvalue weighted by atomic mass is 79.9. The van der Waals surface area contributed by atoms with Crippen LogP contribution in [-0.2, 0) is 15.9 Å². The Kier molecular flexibility index (Phi) is 4.89. The molecule has 0 aliphatic carbocycles. The maximum atomic E-state index is 12.8. The van der Waals surface area contributed by atoms with Crippen LogP contribution >= 0.6 is 38.9 Å². The van der Waals surface area contributed by atoms with Gasteiger partial charge in [-0.15, -0.1) is 22.9 Å². The van der Waals surface area contributed by atoms with Gasteiger partial charge in [0.2, 0.25) is 10.0 Å². The fourth-order valence-electron chi connectivity index (χ4n) is 2.18. The minimum atomic E-state index is -3.46. The van der Waals surface area contributed by atoms with Crippen LogP contribution in [-0.4, -0.2) is 49.8 Å². The van der Waals surface area contributed by atoms with E-state index < -0.39 is 10.0 Å². The third-order valence-corrected chi connectivity index (χ3v) is 8.28. The van der Waals surface area contributed by atoms with Crippen LogP contribution < -0.4 is 0 Å². The normalized spacial score (nSPS) is 21.2. The van der Waals surface area contributed by atoms with Gasteiger partial charge in [0.1, 0.15) is 4.90 Å². The molecule has 0 bridgehead atoms.